The van der Waals surface area contributed by atoms with Crippen LogP contribution in [0.15, 0.2) is 38.9 Å². The van der Waals surface area contributed by atoms with Crippen molar-refractivity contribution in [1.29, 1.82) is 5.26 Å². The zero-order valence-corrected chi connectivity index (χ0v) is 16.6. The third kappa shape index (κ3) is 4.33. The van der Waals surface area contributed by atoms with Crippen LogP contribution in [0.25, 0.3) is 11.3 Å². The van der Waals surface area contributed by atoms with Crippen LogP contribution < -0.4 is 26.4 Å². The van der Waals surface area contributed by atoms with Gasteiger partial charge in [-0.05, 0) is 12.1 Å². The summed E-state index contributed by atoms with van der Waals surface area (Å²) >= 11 is 0. The van der Waals surface area contributed by atoms with Crippen molar-refractivity contribution in [3.63, 3.8) is 0 Å². The number of ether oxygens (including phenoxy) is 1. The SMILES string of the molecule is N#Cc1cnc(OCC2CN(c3cc(-c4c[nH]c(=O)[nH]c4=O)n[nH]c3=O)CC2(F)F)c(F)c1. The first-order valence-electron chi connectivity index (χ1n) is 9.41. The number of nitrogens with one attached hydrogen (secondary N) is 3. The number of alkyl halides is 2. The summed E-state index contributed by atoms with van der Waals surface area (Å²) in [6, 6.07) is 3.72. The van der Waals surface area contributed by atoms with Crippen molar-refractivity contribution < 1.29 is 17.9 Å². The molecule has 4 rings (SSSR count). The smallest absolute Gasteiger partial charge is 0.325 e. The number of hydrogen-bond acceptors (Lipinski definition) is 8. The molecule has 0 spiro atoms. The van der Waals surface area contributed by atoms with Crippen LogP contribution in [0.5, 0.6) is 5.88 Å². The normalized spacial score (nSPS) is 17.0. The molecule has 1 atom stereocenters. The summed E-state index contributed by atoms with van der Waals surface area (Å²) in [6.45, 7) is -1.76. The fourth-order valence-corrected chi connectivity index (χ4v) is 3.35. The van der Waals surface area contributed by atoms with E-state index in [2.05, 4.69) is 20.2 Å². The van der Waals surface area contributed by atoms with Crippen LogP contribution in [0, 0.1) is 23.1 Å². The van der Waals surface area contributed by atoms with E-state index >= 15 is 0 Å². The zero-order chi connectivity index (χ0) is 23.8. The molecular formula is C19H14F3N7O4. The molecule has 4 heterocycles. The number of aromatic amines is 3. The Labute approximate surface area is 181 Å². The van der Waals surface area contributed by atoms with Crippen LogP contribution in [0.2, 0.25) is 0 Å². The Bertz CT molecular complexity index is 1430. The van der Waals surface area contributed by atoms with Gasteiger partial charge in [0.25, 0.3) is 17.0 Å². The number of aromatic nitrogens is 5. The first kappa shape index (κ1) is 21.8. The maximum absolute atomic E-state index is 14.6. The quantitative estimate of drug-likeness (QED) is 0.491. The van der Waals surface area contributed by atoms with Crippen molar-refractivity contribution in [1.82, 2.24) is 25.1 Å². The predicted octanol–water partition coefficient (Wildman–Crippen LogP) is 0.370. The molecule has 1 saturated heterocycles. The van der Waals surface area contributed by atoms with Crippen LogP contribution in [-0.2, 0) is 0 Å². The minimum atomic E-state index is -3.30. The van der Waals surface area contributed by atoms with Gasteiger partial charge in [0, 0.05) is 18.9 Å². The van der Waals surface area contributed by atoms with Crippen molar-refractivity contribution in [2.24, 2.45) is 5.92 Å². The van der Waals surface area contributed by atoms with Gasteiger partial charge in [0.1, 0.15) is 18.4 Å². The molecule has 0 bridgehead atoms. The molecule has 3 N–H and O–H groups in total. The molecule has 0 amide bonds. The highest BCUT2D eigenvalue weighted by Crippen LogP contribution is 2.35. The highest BCUT2D eigenvalue weighted by molar-refractivity contribution is 5.62. The highest BCUT2D eigenvalue weighted by Gasteiger charge is 2.49. The van der Waals surface area contributed by atoms with Crippen molar-refractivity contribution in [2.75, 3.05) is 24.6 Å². The van der Waals surface area contributed by atoms with E-state index in [0.29, 0.717) is 0 Å². The molecule has 1 aliphatic heterocycles. The summed E-state index contributed by atoms with van der Waals surface area (Å²) in [5, 5.41) is 14.6. The summed E-state index contributed by atoms with van der Waals surface area (Å²) in [6.07, 6.45) is 2.13. The first-order chi connectivity index (χ1) is 15.7. The molecule has 0 saturated carbocycles. The van der Waals surface area contributed by atoms with Crippen LogP contribution in [0.4, 0.5) is 18.9 Å². The Morgan fingerprint density at radius 1 is 1.27 bits per heavy atom. The molecule has 11 nitrogen and oxygen atoms in total. The number of nitriles is 1. The van der Waals surface area contributed by atoms with E-state index in [9.17, 15) is 27.6 Å². The number of halogens is 3. The Hall–Kier alpha value is -4.41. The Morgan fingerprint density at radius 2 is 2.06 bits per heavy atom. The van der Waals surface area contributed by atoms with Crippen LogP contribution >= 0.6 is 0 Å². The lowest BCUT2D eigenvalue weighted by Crippen LogP contribution is -2.32. The topological polar surface area (TPSA) is 161 Å². The van der Waals surface area contributed by atoms with Gasteiger partial charge in [-0.3, -0.25) is 14.6 Å². The van der Waals surface area contributed by atoms with E-state index < -0.39 is 53.5 Å². The van der Waals surface area contributed by atoms with E-state index in [1.165, 1.54) is 0 Å². The molecule has 3 aromatic heterocycles. The van der Waals surface area contributed by atoms with E-state index in [1.807, 2.05) is 4.98 Å². The van der Waals surface area contributed by atoms with Crippen molar-refractivity contribution in [3.8, 4) is 23.2 Å². The van der Waals surface area contributed by atoms with Crippen molar-refractivity contribution in [3.05, 3.63) is 67.1 Å². The standard InChI is InChI=1S/C19H14F3N7O4/c20-12-1-9(3-23)4-24-17(12)33-7-10-6-29(8-19(10,21)22)14-2-13(27-28-16(14)31)11-5-25-18(32)26-15(11)30/h1-2,4-5,10H,6-8H2,(H,28,31)(H2,25,26,30,32). The van der Waals surface area contributed by atoms with E-state index in [0.717, 1.165) is 29.4 Å². The Morgan fingerprint density at radius 3 is 2.76 bits per heavy atom. The molecule has 1 fully saturated rings. The molecule has 0 radical (unpaired) electrons. The lowest BCUT2D eigenvalue weighted by molar-refractivity contribution is -0.0363. The molecule has 3 aromatic rings. The monoisotopic (exact) mass is 461 g/mol. The second-order valence-corrected chi connectivity index (χ2v) is 7.23. The second kappa shape index (κ2) is 8.26. The Kier molecular flexibility index (Phi) is 5.46. The first-order valence-corrected chi connectivity index (χ1v) is 9.41. The predicted molar refractivity (Wildman–Crippen MR) is 107 cm³/mol. The van der Waals surface area contributed by atoms with Gasteiger partial charge in [0.05, 0.1) is 29.3 Å². The minimum absolute atomic E-state index is 0.0473. The van der Waals surface area contributed by atoms with Crippen LogP contribution in [0.3, 0.4) is 0 Å². The molecule has 0 aromatic carbocycles. The van der Waals surface area contributed by atoms with Gasteiger partial charge in [-0.1, -0.05) is 0 Å². The summed E-state index contributed by atoms with van der Waals surface area (Å²) < 4.78 is 48.3. The lowest BCUT2D eigenvalue weighted by atomic mass is 10.1. The molecule has 14 heteroatoms. The largest absolute Gasteiger partial charge is 0.475 e. The number of pyridine rings is 1. The summed E-state index contributed by atoms with van der Waals surface area (Å²) in [5.41, 5.74) is -2.64. The number of hydrogen-bond donors (Lipinski definition) is 3. The molecule has 33 heavy (non-hydrogen) atoms. The summed E-state index contributed by atoms with van der Waals surface area (Å²) in [4.78, 5) is 44.4. The molecule has 0 aliphatic carbocycles. The van der Waals surface area contributed by atoms with Gasteiger partial charge in [0.2, 0.25) is 5.88 Å². The molecule has 170 valence electrons. The van der Waals surface area contributed by atoms with E-state index in [-0.39, 0.29) is 29.1 Å². The molecular weight excluding hydrogens is 447 g/mol. The number of H-pyrrole nitrogens is 3. The second-order valence-electron chi connectivity index (χ2n) is 7.23. The number of anilines is 1. The number of rotatable bonds is 5. The van der Waals surface area contributed by atoms with Gasteiger partial charge in [-0.25, -0.2) is 28.0 Å². The maximum atomic E-state index is 14.6. The van der Waals surface area contributed by atoms with E-state index in [1.54, 1.807) is 6.07 Å². The average Bonchev–Trinajstić information content (AvgIpc) is 3.07. The van der Waals surface area contributed by atoms with Crippen molar-refractivity contribution in [2.45, 2.75) is 5.92 Å². The fraction of sp³-hybridized carbons (Fsp3) is 0.263. The molecule has 1 unspecified atom stereocenters. The molecule has 1 aliphatic rings. The van der Waals surface area contributed by atoms with Gasteiger partial charge < -0.3 is 14.6 Å². The lowest BCUT2D eigenvalue weighted by Gasteiger charge is -2.17. The maximum Gasteiger partial charge on any atom is 0.325 e. The Balaban J connectivity index is 1.56. The van der Waals surface area contributed by atoms with Gasteiger partial charge in [-0.2, -0.15) is 10.4 Å². The number of nitrogens with zero attached hydrogens (tertiary/aromatic N) is 4. The fourth-order valence-electron chi connectivity index (χ4n) is 3.35. The van der Waals surface area contributed by atoms with Crippen LogP contribution in [0.1, 0.15) is 5.56 Å². The zero-order valence-electron chi connectivity index (χ0n) is 16.6. The average molecular weight is 461 g/mol. The van der Waals surface area contributed by atoms with E-state index in [4.69, 9.17) is 10.00 Å². The summed E-state index contributed by atoms with van der Waals surface area (Å²) in [7, 11) is 0. The third-order valence-corrected chi connectivity index (χ3v) is 5.02. The highest BCUT2D eigenvalue weighted by atomic mass is 19.3. The van der Waals surface area contributed by atoms with Crippen molar-refractivity contribution >= 4 is 5.69 Å². The summed E-state index contributed by atoms with van der Waals surface area (Å²) in [5.74, 6) is -6.20. The third-order valence-electron chi connectivity index (χ3n) is 5.02. The van der Waals surface area contributed by atoms with Gasteiger partial charge in [-0.15, -0.1) is 0 Å². The van der Waals surface area contributed by atoms with Gasteiger partial charge >= 0.3 is 5.69 Å². The van der Waals surface area contributed by atoms with Gasteiger partial charge in [0.15, 0.2) is 5.82 Å². The minimum Gasteiger partial charge on any atom is -0.475 e. The van der Waals surface area contributed by atoms with Crippen LogP contribution in [-0.4, -0.2) is 50.8 Å².